The van der Waals surface area contributed by atoms with E-state index in [4.69, 9.17) is 11.2 Å². The Labute approximate surface area is 176 Å². The fourth-order valence-corrected chi connectivity index (χ4v) is 3.79. The molecular formula is C20H36O7P2. The summed E-state index contributed by atoms with van der Waals surface area (Å²) in [7, 11) is -10.2. The van der Waals surface area contributed by atoms with Crippen LogP contribution in [0.25, 0.3) is 0 Å². The molecule has 0 fully saturated rings. The number of hydrogen-bond acceptors (Lipinski definition) is 4. The maximum Gasteiger partial charge on any atom is 0.481 e. The molecule has 0 heterocycles. The Morgan fingerprint density at radius 1 is 0.793 bits per heavy atom. The highest BCUT2D eigenvalue weighted by Crippen LogP contribution is 2.57. The molecule has 168 valence electrons. The lowest BCUT2D eigenvalue weighted by Gasteiger charge is -2.11. The summed E-state index contributed by atoms with van der Waals surface area (Å²) in [5.41, 5.74) is 4.76. The van der Waals surface area contributed by atoms with Gasteiger partial charge in [0.15, 0.2) is 0 Å². The number of phosphoric acid groups is 2. The first-order chi connectivity index (χ1) is 13.7. The monoisotopic (exact) mass is 451 g/mol. The van der Waals surface area contributed by atoms with Gasteiger partial charge in [-0.25, -0.2) is 9.13 Å². The molecule has 0 aromatic rings. The first kappa shape index (κ1) is 26.3. The van der Waals surface area contributed by atoms with Crippen LogP contribution in [0.1, 0.15) is 74.5 Å². The largest absolute Gasteiger partial charge is 0.481 e. The highest BCUT2D eigenvalue weighted by Gasteiger charge is 2.31. The molecule has 0 saturated carbocycles. The summed E-state index contributed by atoms with van der Waals surface area (Å²) in [5, 5.41) is 0. The predicted octanol–water partition coefficient (Wildman–Crippen LogP) is 6.36. The highest BCUT2D eigenvalue weighted by atomic mass is 31.3. The van der Waals surface area contributed by atoms with Crippen molar-refractivity contribution in [2.24, 2.45) is 0 Å². The number of rotatable bonds is 14. The minimum absolute atomic E-state index is 0.628. The Bertz CT molecular complexity index is 746. The van der Waals surface area contributed by atoms with Gasteiger partial charge in [-0.1, -0.05) is 46.6 Å². The molecule has 0 bridgehead atoms. The first-order valence-corrected chi connectivity index (χ1v) is 12.5. The van der Waals surface area contributed by atoms with Gasteiger partial charge in [0.2, 0.25) is 0 Å². The van der Waals surface area contributed by atoms with Crippen molar-refractivity contribution >= 4 is 15.6 Å². The van der Waals surface area contributed by atoms with Crippen LogP contribution >= 0.6 is 15.6 Å². The lowest BCUT2D eigenvalue weighted by molar-refractivity contribution is 0.191. The summed E-state index contributed by atoms with van der Waals surface area (Å²) < 4.78 is 37.7. The Morgan fingerprint density at radius 2 is 1.21 bits per heavy atom. The molecule has 3 N–H and O–H groups in total. The second-order valence-electron chi connectivity index (χ2n) is 7.29. The molecule has 0 aliphatic heterocycles. The van der Waals surface area contributed by atoms with E-state index in [2.05, 4.69) is 54.8 Å². The van der Waals surface area contributed by atoms with Crippen LogP contribution in [-0.2, 0) is 18.0 Å². The van der Waals surface area contributed by atoms with Gasteiger partial charge in [-0.2, -0.15) is 4.31 Å². The quantitative estimate of drug-likeness (QED) is 0.208. The third kappa shape index (κ3) is 19.0. The van der Waals surface area contributed by atoms with Gasteiger partial charge in [0.05, 0.1) is 7.95 Å². The van der Waals surface area contributed by atoms with Crippen LogP contribution in [0.5, 0.6) is 0 Å². The van der Waals surface area contributed by atoms with Gasteiger partial charge in [-0.05, 0) is 73.1 Å². The molecule has 0 spiro atoms. The van der Waals surface area contributed by atoms with Crippen molar-refractivity contribution in [3.8, 4) is 0 Å². The molecule has 7 nitrogen and oxygen atoms in total. The molecule has 0 amide bonds. The lowest BCUT2D eigenvalue weighted by atomic mass is 10.0. The minimum atomic E-state index is -5.19. The minimum Gasteiger partial charge on any atom is -0.302 e. The van der Waals surface area contributed by atoms with Crippen LogP contribution in [0.4, 0.5) is 0 Å². The Kier molecular flexibility index (Phi) is 12.9. The Morgan fingerprint density at radius 3 is 1.62 bits per heavy atom. The molecular weight excluding hydrogens is 414 g/mol. The fraction of sp³-hybridized carbons (Fsp3) is 0.600. The Hall–Kier alpha value is -0.780. The van der Waals surface area contributed by atoms with E-state index >= 15 is 0 Å². The van der Waals surface area contributed by atoms with E-state index in [-0.39, 0.29) is 0 Å². The van der Waals surface area contributed by atoms with E-state index in [1.165, 1.54) is 22.8 Å². The van der Waals surface area contributed by atoms with E-state index in [0.29, 0.717) is 6.42 Å². The zero-order valence-electron chi connectivity index (χ0n) is 19.0. The van der Waals surface area contributed by atoms with Crippen molar-refractivity contribution in [2.75, 3.05) is 6.58 Å². The molecule has 29 heavy (non-hydrogen) atoms. The van der Waals surface area contributed by atoms with Crippen LogP contribution in [0.3, 0.4) is 0 Å². The third-order valence-electron chi connectivity index (χ3n) is 3.91. The van der Waals surface area contributed by atoms with Gasteiger partial charge >= 0.3 is 15.6 Å². The van der Waals surface area contributed by atoms with Crippen LogP contribution < -0.4 is 0 Å². The number of hydrogen-bond donors (Lipinski definition) is 3. The van der Waals surface area contributed by atoms with Crippen molar-refractivity contribution in [3.63, 3.8) is 0 Å². The SMILES string of the molecule is [2H][C@@H](/C=C(\C)CC/C=C(\C)CC/C=C(\C)CCC=C(C)C)OP(=O)(O)OP(=O)(O)O. The summed E-state index contributed by atoms with van der Waals surface area (Å²) >= 11 is 0. The average molecular weight is 451 g/mol. The first-order valence-electron chi connectivity index (χ1n) is 10.1. The average Bonchev–Trinajstić information content (AvgIpc) is 2.51. The molecule has 0 aromatic heterocycles. The zero-order chi connectivity index (χ0) is 23.4. The summed E-state index contributed by atoms with van der Waals surface area (Å²) in [6, 6.07) is 0. The molecule has 0 aliphatic carbocycles. The van der Waals surface area contributed by atoms with Crippen molar-refractivity contribution in [1.82, 2.24) is 0 Å². The van der Waals surface area contributed by atoms with E-state index < -0.39 is 22.2 Å². The van der Waals surface area contributed by atoms with Crippen molar-refractivity contribution in [2.45, 2.75) is 73.1 Å². The maximum atomic E-state index is 11.4. The smallest absolute Gasteiger partial charge is 0.302 e. The molecule has 0 aliphatic rings. The van der Waals surface area contributed by atoms with Crippen LogP contribution in [0, 0.1) is 0 Å². The van der Waals surface area contributed by atoms with Gasteiger partial charge in [-0.3, -0.25) is 4.52 Å². The summed E-state index contributed by atoms with van der Waals surface area (Å²) in [6.45, 7) is 8.61. The predicted molar refractivity (Wildman–Crippen MR) is 117 cm³/mol. The van der Waals surface area contributed by atoms with E-state index in [0.717, 1.165) is 37.7 Å². The highest BCUT2D eigenvalue weighted by molar-refractivity contribution is 7.60. The standard InChI is InChI=1S/C20H36O7P2/c1-17(2)9-6-10-18(3)11-7-12-19(4)13-8-14-20(5)15-16-26-29(24,25)27-28(21,22)23/h9,11,13,15H,6-8,10,12,14,16H2,1-5H3,(H,24,25)(H2,21,22,23)/b18-11+,19-13+,20-15+/i16D/t16-/m0/s1. The van der Waals surface area contributed by atoms with Gasteiger partial charge in [-0.15, -0.1) is 0 Å². The molecule has 0 saturated heterocycles. The summed E-state index contributed by atoms with van der Waals surface area (Å²) in [6.07, 6.45) is 13.4. The topological polar surface area (TPSA) is 113 Å². The van der Waals surface area contributed by atoms with Crippen molar-refractivity contribution in [3.05, 3.63) is 46.6 Å². The lowest BCUT2D eigenvalue weighted by Crippen LogP contribution is -1.94. The van der Waals surface area contributed by atoms with Gasteiger partial charge in [0, 0.05) is 0 Å². The normalized spacial score (nSPS) is 17.5. The van der Waals surface area contributed by atoms with E-state index in [1.54, 1.807) is 6.92 Å². The van der Waals surface area contributed by atoms with Crippen molar-refractivity contribution in [1.29, 1.82) is 0 Å². The molecule has 1 unspecified atom stereocenters. The maximum absolute atomic E-state index is 11.4. The number of allylic oxidation sites excluding steroid dienone is 7. The summed E-state index contributed by atoms with van der Waals surface area (Å²) in [5.74, 6) is 0. The fourth-order valence-electron chi connectivity index (χ4n) is 2.35. The van der Waals surface area contributed by atoms with Gasteiger partial charge < -0.3 is 14.7 Å². The second kappa shape index (κ2) is 14.3. The van der Waals surface area contributed by atoms with E-state index in [1.807, 2.05) is 0 Å². The molecule has 0 radical (unpaired) electrons. The number of phosphoric ester groups is 1. The molecule has 0 aromatic carbocycles. The molecule has 2 atom stereocenters. The van der Waals surface area contributed by atoms with Crippen molar-refractivity contribution < 1.29 is 34.0 Å². The molecule has 9 heteroatoms. The van der Waals surface area contributed by atoms with Gasteiger partial charge in [0.1, 0.15) is 0 Å². The second-order valence-corrected chi connectivity index (χ2v) is 10.1. The van der Waals surface area contributed by atoms with Crippen LogP contribution in [-0.4, -0.2) is 21.3 Å². The van der Waals surface area contributed by atoms with Gasteiger partial charge in [0.25, 0.3) is 0 Å². The van der Waals surface area contributed by atoms with E-state index in [9.17, 15) is 14.0 Å². The third-order valence-corrected chi connectivity index (χ3v) is 5.97. The Balaban J connectivity index is 4.38. The molecule has 0 rings (SSSR count). The van der Waals surface area contributed by atoms with Crippen LogP contribution in [0.15, 0.2) is 46.6 Å². The van der Waals surface area contributed by atoms with Crippen LogP contribution in [0.2, 0.25) is 0 Å². The summed E-state index contributed by atoms with van der Waals surface area (Å²) in [4.78, 5) is 26.3. The zero-order valence-corrected chi connectivity index (χ0v) is 19.8.